The highest BCUT2D eigenvalue weighted by Gasteiger charge is 2.14. The van der Waals surface area contributed by atoms with Crippen LogP contribution >= 0.6 is 11.8 Å². The fourth-order valence-electron chi connectivity index (χ4n) is 2.24. The Labute approximate surface area is 160 Å². The molecule has 0 atom stereocenters. The van der Waals surface area contributed by atoms with E-state index in [1.165, 1.54) is 24.2 Å². The van der Waals surface area contributed by atoms with Crippen LogP contribution in [-0.4, -0.2) is 29.6 Å². The number of H-pyrrole nitrogens is 1. The molecule has 0 saturated heterocycles. The van der Waals surface area contributed by atoms with E-state index in [1.54, 1.807) is 13.0 Å². The Kier molecular flexibility index (Phi) is 8.81. The smallest absolute Gasteiger partial charge is 0.175 e. The predicted octanol–water partition coefficient (Wildman–Crippen LogP) is 5.01. The van der Waals surface area contributed by atoms with E-state index in [4.69, 9.17) is 0 Å². The van der Waals surface area contributed by atoms with E-state index in [9.17, 15) is 8.42 Å². The molecule has 1 N–H and O–H groups in total. The topological polar surface area (TPSA) is 75.7 Å². The largest absolute Gasteiger partial charge is 0.333 e. The maximum absolute atomic E-state index is 11.7. The van der Waals surface area contributed by atoms with Gasteiger partial charge < -0.3 is 4.98 Å². The van der Waals surface area contributed by atoms with E-state index in [2.05, 4.69) is 15.0 Å². The molecular weight excluding hydrogens is 366 g/mol. The minimum Gasteiger partial charge on any atom is -0.333 e. The van der Waals surface area contributed by atoms with Crippen LogP contribution in [0.1, 0.15) is 39.0 Å². The zero-order chi connectivity index (χ0) is 19.7. The quantitative estimate of drug-likeness (QED) is 0.630. The summed E-state index contributed by atoms with van der Waals surface area (Å²) in [6, 6.07) is 9.36. The zero-order valence-electron chi connectivity index (χ0n) is 16.2. The molecule has 3 aromatic rings. The summed E-state index contributed by atoms with van der Waals surface area (Å²) in [5.41, 5.74) is 3.36. The van der Waals surface area contributed by atoms with Crippen molar-refractivity contribution in [2.45, 2.75) is 50.4 Å². The van der Waals surface area contributed by atoms with Crippen molar-refractivity contribution in [2.24, 2.45) is 0 Å². The molecule has 0 fully saturated rings. The van der Waals surface area contributed by atoms with Gasteiger partial charge in [0.15, 0.2) is 15.0 Å². The van der Waals surface area contributed by atoms with Crippen molar-refractivity contribution in [2.75, 3.05) is 6.26 Å². The van der Waals surface area contributed by atoms with Gasteiger partial charge in [0, 0.05) is 18.2 Å². The normalized spacial score (nSPS) is 10.5. The first kappa shape index (κ1) is 22.2. The summed E-state index contributed by atoms with van der Waals surface area (Å²) < 4.78 is 23.5. The molecule has 1 aromatic carbocycles. The lowest BCUT2D eigenvalue weighted by Gasteiger charge is -2.07. The number of fused-ring (bicyclic) bond motifs is 1. The second-order valence-corrected chi connectivity index (χ2v) is 7.95. The summed E-state index contributed by atoms with van der Waals surface area (Å²) >= 11 is 1.51. The number of nitrogens with zero attached hydrogens (tertiary/aromatic N) is 2. The third kappa shape index (κ3) is 5.57. The zero-order valence-corrected chi connectivity index (χ0v) is 17.8. The molecule has 2 heterocycles. The van der Waals surface area contributed by atoms with Gasteiger partial charge in [-0.25, -0.2) is 13.4 Å². The van der Waals surface area contributed by atoms with Crippen LogP contribution in [0.25, 0.3) is 11.0 Å². The number of rotatable bonds is 4. The number of nitrogens with one attached hydrogen (secondary N) is 1. The SMILES string of the molecule is CC.CC.Cc1c(S(C)(=O)=O)ccnc1CSc1nc2ccccc2[nH]1. The Balaban J connectivity index is 0.000000791. The molecule has 0 aliphatic carbocycles. The fraction of sp³-hybridized carbons (Fsp3) is 0.368. The van der Waals surface area contributed by atoms with Crippen molar-refractivity contribution in [3.05, 3.63) is 47.8 Å². The third-order valence-electron chi connectivity index (χ3n) is 3.37. The monoisotopic (exact) mass is 393 g/mol. The number of sulfone groups is 1. The van der Waals surface area contributed by atoms with E-state index >= 15 is 0 Å². The lowest BCUT2D eigenvalue weighted by atomic mass is 10.2. The Bertz CT molecular complexity index is 902. The molecule has 0 saturated carbocycles. The average Bonchev–Trinajstić information content (AvgIpc) is 3.06. The molecule has 0 aliphatic heterocycles. The Hall–Kier alpha value is -1.86. The van der Waals surface area contributed by atoms with Gasteiger partial charge in [0.25, 0.3) is 0 Å². The van der Waals surface area contributed by atoms with Crippen LogP contribution in [0, 0.1) is 6.92 Å². The van der Waals surface area contributed by atoms with Gasteiger partial charge in [-0.3, -0.25) is 4.98 Å². The molecule has 0 bridgehead atoms. The molecule has 2 aromatic heterocycles. The second kappa shape index (κ2) is 10.3. The van der Waals surface area contributed by atoms with Gasteiger partial charge >= 0.3 is 0 Å². The van der Waals surface area contributed by atoms with Gasteiger partial charge in [-0.2, -0.15) is 0 Å². The highest BCUT2D eigenvalue weighted by molar-refractivity contribution is 7.98. The van der Waals surface area contributed by atoms with Crippen LogP contribution in [0.3, 0.4) is 0 Å². The van der Waals surface area contributed by atoms with Crippen LogP contribution in [0.2, 0.25) is 0 Å². The number of pyridine rings is 1. The van der Waals surface area contributed by atoms with E-state index in [0.717, 1.165) is 21.9 Å². The predicted molar refractivity (Wildman–Crippen MR) is 110 cm³/mol. The molecule has 0 amide bonds. The van der Waals surface area contributed by atoms with Crippen LogP contribution in [-0.2, 0) is 15.6 Å². The summed E-state index contributed by atoms with van der Waals surface area (Å²) in [7, 11) is -3.23. The fourth-order valence-corrected chi connectivity index (χ4v) is 4.13. The van der Waals surface area contributed by atoms with E-state index in [0.29, 0.717) is 16.2 Å². The summed E-state index contributed by atoms with van der Waals surface area (Å²) in [6.45, 7) is 9.79. The Morgan fingerprint density at radius 2 is 1.73 bits per heavy atom. The number of aromatic amines is 1. The number of hydrogen-bond donors (Lipinski definition) is 1. The van der Waals surface area contributed by atoms with Crippen molar-refractivity contribution in [1.82, 2.24) is 15.0 Å². The van der Waals surface area contributed by atoms with Crippen molar-refractivity contribution in [1.29, 1.82) is 0 Å². The third-order valence-corrected chi connectivity index (χ3v) is 5.50. The van der Waals surface area contributed by atoms with Gasteiger partial charge in [0.05, 0.1) is 21.6 Å². The highest BCUT2D eigenvalue weighted by atomic mass is 32.2. The van der Waals surface area contributed by atoms with Gasteiger partial charge in [-0.15, -0.1) is 0 Å². The summed E-state index contributed by atoms with van der Waals surface area (Å²) in [4.78, 5) is 12.4. The van der Waals surface area contributed by atoms with E-state index in [-0.39, 0.29) is 0 Å². The second-order valence-electron chi connectivity index (χ2n) is 5.00. The molecule has 0 unspecified atom stereocenters. The van der Waals surface area contributed by atoms with Crippen molar-refractivity contribution >= 4 is 32.6 Å². The van der Waals surface area contributed by atoms with Gasteiger partial charge in [0.1, 0.15) is 0 Å². The van der Waals surface area contributed by atoms with Crippen LogP contribution in [0.5, 0.6) is 0 Å². The molecule has 26 heavy (non-hydrogen) atoms. The highest BCUT2D eigenvalue weighted by Crippen LogP contribution is 2.25. The number of benzene rings is 1. The van der Waals surface area contributed by atoms with Crippen molar-refractivity contribution in [3.8, 4) is 0 Å². The minimum atomic E-state index is -3.23. The minimum absolute atomic E-state index is 0.336. The molecule has 3 rings (SSSR count). The Morgan fingerprint density at radius 3 is 2.35 bits per heavy atom. The first-order valence-corrected chi connectivity index (χ1v) is 11.5. The first-order valence-electron chi connectivity index (χ1n) is 8.67. The lowest BCUT2D eigenvalue weighted by Crippen LogP contribution is -2.04. The first-order chi connectivity index (χ1) is 12.4. The van der Waals surface area contributed by atoms with Gasteiger partial charge in [-0.1, -0.05) is 51.6 Å². The number of hydrogen-bond acceptors (Lipinski definition) is 5. The van der Waals surface area contributed by atoms with Crippen molar-refractivity contribution in [3.63, 3.8) is 0 Å². The standard InChI is InChI=1S/C15H15N3O2S2.2C2H6/c1-10-13(16-8-7-14(10)22(2,19)20)9-21-15-17-11-5-3-4-6-12(11)18-15;2*1-2/h3-8H,9H2,1-2H3,(H,17,18);2*1-2H3. The summed E-state index contributed by atoms with van der Waals surface area (Å²) in [5.74, 6) is 0.564. The maximum atomic E-state index is 11.7. The van der Waals surface area contributed by atoms with E-state index < -0.39 is 9.84 Å². The van der Waals surface area contributed by atoms with Crippen LogP contribution in [0.4, 0.5) is 0 Å². The number of imidazole rings is 1. The number of aromatic nitrogens is 3. The average molecular weight is 394 g/mol. The van der Waals surface area contributed by atoms with Gasteiger partial charge in [-0.05, 0) is 30.7 Å². The molecular formula is C19H27N3O2S2. The Morgan fingerprint density at radius 1 is 1.08 bits per heavy atom. The molecule has 0 radical (unpaired) electrons. The summed E-state index contributed by atoms with van der Waals surface area (Å²) in [5, 5.41) is 0.798. The maximum Gasteiger partial charge on any atom is 0.175 e. The molecule has 0 spiro atoms. The van der Waals surface area contributed by atoms with Crippen LogP contribution in [0.15, 0.2) is 46.6 Å². The van der Waals surface area contributed by atoms with Crippen LogP contribution < -0.4 is 0 Å². The van der Waals surface area contributed by atoms with E-state index in [1.807, 2.05) is 52.0 Å². The summed E-state index contributed by atoms with van der Waals surface area (Å²) in [6.07, 6.45) is 2.75. The molecule has 0 aliphatic rings. The number of thioether (sulfide) groups is 1. The van der Waals surface area contributed by atoms with Crippen molar-refractivity contribution < 1.29 is 8.42 Å². The lowest BCUT2D eigenvalue weighted by molar-refractivity contribution is 0.601. The molecule has 5 nitrogen and oxygen atoms in total. The van der Waals surface area contributed by atoms with Gasteiger partial charge in [0.2, 0.25) is 0 Å². The molecule has 7 heteroatoms. The molecule has 142 valence electrons. The number of para-hydroxylation sites is 2.